The number of halogens is 3. The van der Waals surface area contributed by atoms with Gasteiger partial charge in [-0.3, -0.25) is 13.9 Å². The summed E-state index contributed by atoms with van der Waals surface area (Å²) in [7, 11) is -3.91. The molecule has 0 spiro atoms. The molecule has 0 saturated carbocycles. The van der Waals surface area contributed by atoms with Crippen molar-refractivity contribution in [1.82, 2.24) is 10.2 Å². The first-order valence-electron chi connectivity index (χ1n) is 10.9. The van der Waals surface area contributed by atoms with Crippen LogP contribution >= 0.6 is 23.2 Å². The lowest BCUT2D eigenvalue weighted by Gasteiger charge is -2.34. The predicted molar refractivity (Wildman–Crippen MR) is 138 cm³/mol. The summed E-state index contributed by atoms with van der Waals surface area (Å²) in [5.41, 5.74) is 0.113. The van der Waals surface area contributed by atoms with Crippen LogP contribution in [-0.4, -0.2) is 49.5 Å². The summed E-state index contributed by atoms with van der Waals surface area (Å²) >= 11 is 12.3. The fraction of sp³-hybridized carbons (Fsp3) is 0.417. The molecule has 35 heavy (non-hydrogen) atoms. The molecule has 0 fully saturated rings. The van der Waals surface area contributed by atoms with Crippen molar-refractivity contribution in [2.45, 2.75) is 52.2 Å². The second-order valence-corrected chi connectivity index (χ2v) is 11.9. The lowest BCUT2D eigenvalue weighted by atomic mass is 10.1. The van der Waals surface area contributed by atoms with Crippen LogP contribution in [0.25, 0.3) is 0 Å². The first-order valence-corrected chi connectivity index (χ1v) is 13.5. The van der Waals surface area contributed by atoms with Crippen LogP contribution in [0.3, 0.4) is 0 Å². The van der Waals surface area contributed by atoms with Gasteiger partial charge in [-0.2, -0.15) is 0 Å². The zero-order valence-electron chi connectivity index (χ0n) is 20.3. The molecular weight excluding hydrogens is 516 g/mol. The van der Waals surface area contributed by atoms with E-state index in [0.29, 0.717) is 15.6 Å². The van der Waals surface area contributed by atoms with Crippen molar-refractivity contribution in [3.63, 3.8) is 0 Å². The number of amides is 2. The van der Waals surface area contributed by atoms with Crippen LogP contribution in [0, 0.1) is 5.82 Å². The van der Waals surface area contributed by atoms with Gasteiger partial charge < -0.3 is 10.2 Å². The highest BCUT2D eigenvalue weighted by molar-refractivity contribution is 7.92. The van der Waals surface area contributed by atoms with Crippen LogP contribution in [0.4, 0.5) is 10.1 Å². The molecule has 7 nitrogen and oxygen atoms in total. The van der Waals surface area contributed by atoms with Crippen molar-refractivity contribution in [1.29, 1.82) is 0 Å². The molecule has 11 heteroatoms. The summed E-state index contributed by atoms with van der Waals surface area (Å²) in [6, 6.07) is 8.64. The van der Waals surface area contributed by atoms with Gasteiger partial charge in [-0.25, -0.2) is 12.8 Å². The minimum absolute atomic E-state index is 0.0497. The molecule has 0 aromatic heterocycles. The lowest BCUT2D eigenvalue weighted by Crippen LogP contribution is -2.55. The summed E-state index contributed by atoms with van der Waals surface area (Å²) in [6.07, 6.45) is 1.22. The van der Waals surface area contributed by atoms with E-state index in [4.69, 9.17) is 23.2 Å². The zero-order chi connectivity index (χ0) is 26.6. The van der Waals surface area contributed by atoms with Crippen LogP contribution in [0.5, 0.6) is 0 Å². The molecule has 0 bridgehead atoms. The van der Waals surface area contributed by atoms with Gasteiger partial charge in [0.2, 0.25) is 21.8 Å². The number of sulfonamides is 1. The first-order chi connectivity index (χ1) is 16.1. The van der Waals surface area contributed by atoms with Crippen molar-refractivity contribution in [3.05, 3.63) is 63.9 Å². The minimum atomic E-state index is -3.91. The second-order valence-electron chi connectivity index (χ2n) is 9.17. The molecule has 1 atom stereocenters. The number of nitrogens with one attached hydrogen (secondary N) is 1. The summed E-state index contributed by atoms with van der Waals surface area (Å²) in [4.78, 5) is 28.0. The molecule has 2 amide bonds. The fourth-order valence-corrected chi connectivity index (χ4v) is 4.74. The number of hydrogen-bond donors (Lipinski definition) is 1. The summed E-state index contributed by atoms with van der Waals surface area (Å²) in [6.45, 7) is 6.57. The zero-order valence-corrected chi connectivity index (χ0v) is 22.6. The molecule has 0 heterocycles. The van der Waals surface area contributed by atoms with E-state index in [0.717, 1.165) is 22.7 Å². The van der Waals surface area contributed by atoms with Gasteiger partial charge in [0.15, 0.2) is 0 Å². The van der Waals surface area contributed by atoms with Crippen molar-refractivity contribution >= 4 is 50.7 Å². The molecule has 1 N–H and O–H groups in total. The van der Waals surface area contributed by atoms with Crippen LogP contribution < -0.4 is 9.62 Å². The molecule has 2 aromatic rings. The van der Waals surface area contributed by atoms with E-state index in [-0.39, 0.29) is 24.6 Å². The topological polar surface area (TPSA) is 86.8 Å². The largest absolute Gasteiger partial charge is 0.350 e. The van der Waals surface area contributed by atoms with E-state index >= 15 is 0 Å². The van der Waals surface area contributed by atoms with E-state index in [1.54, 1.807) is 19.1 Å². The van der Waals surface area contributed by atoms with Gasteiger partial charge >= 0.3 is 0 Å². The quantitative estimate of drug-likeness (QED) is 0.498. The van der Waals surface area contributed by atoms with Crippen molar-refractivity contribution in [3.8, 4) is 0 Å². The number of benzene rings is 2. The van der Waals surface area contributed by atoms with Crippen LogP contribution in [0.15, 0.2) is 42.5 Å². The summed E-state index contributed by atoms with van der Waals surface area (Å²) in [5.74, 6) is -1.55. The molecule has 0 radical (unpaired) electrons. The Morgan fingerprint density at radius 2 is 1.69 bits per heavy atom. The van der Waals surface area contributed by atoms with Gasteiger partial charge in [-0.1, -0.05) is 36.2 Å². The van der Waals surface area contributed by atoms with E-state index in [9.17, 15) is 22.4 Å². The summed E-state index contributed by atoms with van der Waals surface area (Å²) in [5, 5.41) is 3.59. The van der Waals surface area contributed by atoms with Gasteiger partial charge in [0.05, 0.1) is 11.9 Å². The smallest absolute Gasteiger partial charge is 0.244 e. The molecule has 0 saturated heterocycles. The number of anilines is 1. The highest BCUT2D eigenvalue weighted by atomic mass is 35.5. The van der Waals surface area contributed by atoms with Crippen LogP contribution in [0.1, 0.15) is 39.7 Å². The van der Waals surface area contributed by atoms with E-state index in [1.807, 2.05) is 20.8 Å². The van der Waals surface area contributed by atoms with Crippen molar-refractivity contribution in [2.75, 3.05) is 17.1 Å². The Hall–Kier alpha value is -2.36. The molecule has 2 aromatic carbocycles. The maximum atomic E-state index is 13.6. The molecule has 2 rings (SSSR count). The Kier molecular flexibility index (Phi) is 9.56. The monoisotopic (exact) mass is 545 g/mol. The number of rotatable bonds is 9. The molecule has 0 aliphatic heterocycles. The standard InChI is InChI=1S/C24H30Cl2FN3O4S/c1-6-21(23(32)28-24(2,3)4)29(14-16-7-8-17(25)13-20(16)26)22(31)15-30(35(5,33)34)19-11-9-18(27)10-12-19/h7-13,21H,6,14-15H2,1-5H3,(H,28,32)/t21-/m0/s1. The molecular formula is C24H30Cl2FN3O4S. The number of hydrogen-bond acceptors (Lipinski definition) is 4. The van der Waals surface area contributed by atoms with E-state index < -0.39 is 39.9 Å². The van der Waals surface area contributed by atoms with Gasteiger partial charge in [0.25, 0.3) is 0 Å². The van der Waals surface area contributed by atoms with Gasteiger partial charge in [-0.15, -0.1) is 0 Å². The van der Waals surface area contributed by atoms with Crippen LogP contribution in [0.2, 0.25) is 10.0 Å². The highest BCUT2D eigenvalue weighted by Gasteiger charge is 2.33. The third-order valence-corrected chi connectivity index (χ3v) is 6.76. The second kappa shape index (κ2) is 11.6. The Morgan fingerprint density at radius 1 is 1.09 bits per heavy atom. The maximum absolute atomic E-state index is 13.6. The Balaban J connectivity index is 2.48. The fourth-order valence-electron chi connectivity index (χ4n) is 3.43. The lowest BCUT2D eigenvalue weighted by molar-refractivity contribution is -0.141. The molecule has 192 valence electrons. The third kappa shape index (κ3) is 8.37. The highest BCUT2D eigenvalue weighted by Crippen LogP contribution is 2.25. The number of carbonyl (C=O) groups excluding carboxylic acids is 2. The average Bonchev–Trinajstić information content (AvgIpc) is 2.72. The van der Waals surface area contributed by atoms with Gasteiger partial charge in [0.1, 0.15) is 18.4 Å². The predicted octanol–water partition coefficient (Wildman–Crippen LogP) is 4.62. The molecule has 0 aliphatic carbocycles. The van der Waals surface area contributed by atoms with Gasteiger partial charge in [-0.05, 0) is 69.2 Å². The third-order valence-electron chi connectivity index (χ3n) is 5.03. The average molecular weight is 546 g/mol. The Labute approximate surface area is 216 Å². The number of carbonyl (C=O) groups is 2. The number of nitrogens with zero attached hydrogens (tertiary/aromatic N) is 2. The maximum Gasteiger partial charge on any atom is 0.244 e. The van der Waals surface area contributed by atoms with Crippen LogP contribution in [-0.2, 0) is 26.2 Å². The Morgan fingerprint density at radius 3 is 2.17 bits per heavy atom. The van der Waals surface area contributed by atoms with Crippen molar-refractivity contribution < 1.29 is 22.4 Å². The van der Waals surface area contributed by atoms with E-state index in [2.05, 4.69) is 5.32 Å². The van der Waals surface area contributed by atoms with Crippen molar-refractivity contribution in [2.24, 2.45) is 0 Å². The molecule has 0 unspecified atom stereocenters. The molecule has 0 aliphatic rings. The minimum Gasteiger partial charge on any atom is -0.350 e. The summed E-state index contributed by atoms with van der Waals surface area (Å²) < 4.78 is 39.4. The Bertz CT molecular complexity index is 1170. The van der Waals surface area contributed by atoms with Gasteiger partial charge in [0, 0.05) is 22.1 Å². The normalized spacial score (nSPS) is 12.7. The first kappa shape index (κ1) is 28.9. The van der Waals surface area contributed by atoms with E-state index in [1.165, 1.54) is 23.1 Å². The SMILES string of the molecule is CC[C@@H](C(=O)NC(C)(C)C)N(Cc1ccc(Cl)cc1Cl)C(=O)CN(c1ccc(F)cc1)S(C)(=O)=O.